The molecule has 1 N–H and O–H groups in total. The summed E-state index contributed by atoms with van der Waals surface area (Å²) >= 11 is 0. The second-order valence-corrected chi connectivity index (χ2v) is 6.34. The molecular formula is C15H27N3O2. The Morgan fingerprint density at radius 2 is 1.95 bits per heavy atom. The first kappa shape index (κ1) is 14.3. The van der Waals surface area contributed by atoms with Crippen molar-refractivity contribution < 1.29 is 9.53 Å². The number of likely N-dealkylation sites (tertiary alicyclic amines) is 1. The minimum Gasteiger partial charge on any atom is -0.379 e. The van der Waals surface area contributed by atoms with Gasteiger partial charge < -0.3 is 15.0 Å². The molecule has 1 amide bonds. The molecule has 3 heterocycles. The highest BCUT2D eigenvalue weighted by Gasteiger charge is 2.32. The van der Waals surface area contributed by atoms with Gasteiger partial charge in [-0.25, -0.2) is 0 Å². The Morgan fingerprint density at radius 3 is 2.80 bits per heavy atom. The summed E-state index contributed by atoms with van der Waals surface area (Å²) in [5.74, 6) is 1.71. The van der Waals surface area contributed by atoms with Gasteiger partial charge >= 0.3 is 0 Å². The molecule has 0 spiro atoms. The lowest BCUT2D eigenvalue weighted by molar-refractivity contribution is -0.131. The number of nitrogens with one attached hydrogen (secondary N) is 1. The number of fused-ring (bicyclic) bond motifs is 1. The lowest BCUT2D eigenvalue weighted by atomic mass is 9.83. The maximum atomic E-state index is 12.4. The maximum absolute atomic E-state index is 12.4. The fourth-order valence-corrected chi connectivity index (χ4v) is 3.71. The molecule has 0 aromatic carbocycles. The molecule has 0 bridgehead atoms. The van der Waals surface area contributed by atoms with E-state index in [1.165, 1.54) is 12.8 Å². The quantitative estimate of drug-likeness (QED) is 0.801. The Bertz CT molecular complexity index is 331. The predicted octanol–water partition coefficient (Wildman–Crippen LogP) is 0.167. The topological polar surface area (TPSA) is 44.8 Å². The highest BCUT2D eigenvalue weighted by Crippen LogP contribution is 2.29. The number of carbonyl (C=O) groups is 1. The van der Waals surface area contributed by atoms with Crippen molar-refractivity contribution in [3.05, 3.63) is 0 Å². The average Bonchev–Trinajstić information content (AvgIpc) is 2.65. The molecule has 0 aliphatic carbocycles. The Balaban J connectivity index is 1.49. The first-order valence-corrected chi connectivity index (χ1v) is 8.11. The summed E-state index contributed by atoms with van der Waals surface area (Å²) in [5, 5.41) is 3.47. The van der Waals surface area contributed by atoms with E-state index >= 15 is 0 Å². The molecule has 0 saturated carbocycles. The van der Waals surface area contributed by atoms with E-state index in [0.29, 0.717) is 17.7 Å². The smallest absolute Gasteiger partial charge is 0.222 e. The summed E-state index contributed by atoms with van der Waals surface area (Å²) in [6, 6.07) is 0. The molecule has 2 atom stereocenters. The van der Waals surface area contributed by atoms with Gasteiger partial charge in [-0.1, -0.05) is 0 Å². The van der Waals surface area contributed by atoms with Crippen molar-refractivity contribution in [2.45, 2.75) is 19.3 Å². The van der Waals surface area contributed by atoms with Crippen LogP contribution >= 0.6 is 0 Å². The van der Waals surface area contributed by atoms with Gasteiger partial charge in [-0.05, 0) is 37.8 Å². The predicted molar refractivity (Wildman–Crippen MR) is 77.5 cm³/mol. The monoisotopic (exact) mass is 281 g/mol. The minimum atomic E-state index is 0.382. The third kappa shape index (κ3) is 3.51. The molecule has 20 heavy (non-hydrogen) atoms. The molecule has 3 rings (SSSR count). The van der Waals surface area contributed by atoms with Gasteiger partial charge in [0, 0.05) is 39.1 Å². The minimum absolute atomic E-state index is 0.382. The van der Waals surface area contributed by atoms with Crippen molar-refractivity contribution in [3.8, 4) is 0 Å². The maximum Gasteiger partial charge on any atom is 0.222 e. The Morgan fingerprint density at radius 1 is 1.10 bits per heavy atom. The molecule has 0 unspecified atom stereocenters. The van der Waals surface area contributed by atoms with Crippen LogP contribution in [-0.4, -0.2) is 74.7 Å². The molecule has 3 saturated heterocycles. The number of piperidine rings is 1. The second-order valence-electron chi connectivity index (χ2n) is 6.34. The fourth-order valence-electron chi connectivity index (χ4n) is 3.71. The third-order valence-corrected chi connectivity index (χ3v) is 5.11. The first-order chi connectivity index (χ1) is 9.83. The number of hydrogen-bond donors (Lipinski definition) is 1. The lowest BCUT2D eigenvalue weighted by Gasteiger charge is -2.29. The van der Waals surface area contributed by atoms with Crippen molar-refractivity contribution in [2.24, 2.45) is 11.8 Å². The summed E-state index contributed by atoms with van der Waals surface area (Å²) < 4.78 is 5.37. The molecule has 3 aliphatic rings. The van der Waals surface area contributed by atoms with Crippen LogP contribution in [0.1, 0.15) is 19.3 Å². The van der Waals surface area contributed by atoms with Crippen molar-refractivity contribution in [3.63, 3.8) is 0 Å². The van der Waals surface area contributed by atoms with Crippen LogP contribution in [0.5, 0.6) is 0 Å². The van der Waals surface area contributed by atoms with Crippen molar-refractivity contribution in [2.75, 3.05) is 59.0 Å². The molecular weight excluding hydrogens is 254 g/mol. The summed E-state index contributed by atoms with van der Waals surface area (Å²) in [7, 11) is 0. The van der Waals surface area contributed by atoms with E-state index < -0.39 is 0 Å². The van der Waals surface area contributed by atoms with E-state index in [0.717, 1.165) is 65.4 Å². The molecule has 3 fully saturated rings. The van der Waals surface area contributed by atoms with Gasteiger partial charge in [0.25, 0.3) is 0 Å². The number of hydrogen-bond acceptors (Lipinski definition) is 4. The summed E-state index contributed by atoms with van der Waals surface area (Å²) in [4.78, 5) is 16.9. The van der Waals surface area contributed by atoms with Crippen LogP contribution in [0.15, 0.2) is 0 Å². The van der Waals surface area contributed by atoms with Crippen LogP contribution < -0.4 is 5.32 Å². The molecule has 114 valence electrons. The van der Waals surface area contributed by atoms with Crippen molar-refractivity contribution >= 4 is 5.91 Å². The highest BCUT2D eigenvalue weighted by atomic mass is 16.5. The molecule has 5 heteroatoms. The average molecular weight is 281 g/mol. The Kier molecular flexibility index (Phi) is 4.91. The summed E-state index contributed by atoms with van der Waals surface area (Å²) in [6.07, 6.45) is 3.12. The van der Waals surface area contributed by atoms with Crippen molar-refractivity contribution in [1.29, 1.82) is 0 Å². The molecule has 0 radical (unpaired) electrons. The highest BCUT2D eigenvalue weighted by molar-refractivity contribution is 5.76. The lowest BCUT2D eigenvalue weighted by Crippen LogP contribution is -2.43. The zero-order valence-corrected chi connectivity index (χ0v) is 12.4. The normalized spacial score (nSPS) is 32.8. The fraction of sp³-hybridized carbons (Fsp3) is 0.933. The van der Waals surface area contributed by atoms with Gasteiger partial charge in [-0.2, -0.15) is 0 Å². The SMILES string of the molecule is O=C1C[C@@H]2CCNC[C@@H]2CCN1CCN1CCOCC1. The van der Waals surface area contributed by atoms with Crippen LogP contribution in [0, 0.1) is 11.8 Å². The number of rotatable bonds is 3. The number of carbonyl (C=O) groups excluding carboxylic acids is 1. The summed E-state index contributed by atoms with van der Waals surface area (Å²) in [6.45, 7) is 8.74. The van der Waals surface area contributed by atoms with E-state index in [9.17, 15) is 4.79 Å². The van der Waals surface area contributed by atoms with E-state index in [-0.39, 0.29) is 0 Å². The standard InChI is InChI=1S/C15H27N3O2/c19-15-11-13-1-3-16-12-14(13)2-4-18(15)6-5-17-7-9-20-10-8-17/h13-14,16H,1-12H2/t13-,14-/m0/s1. The van der Waals surface area contributed by atoms with E-state index in [1.54, 1.807) is 0 Å². The number of nitrogens with zero attached hydrogens (tertiary/aromatic N) is 2. The zero-order chi connectivity index (χ0) is 13.8. The van der Waals surface area contributed by atoms with Gasteiger partial charge in [0.2, 0.25) is 5.91 Å². The molecule has 3 aliphatic heterocycles. The van der Waals surface area contributed by atoms with Crippen LogP contribution in [0.4, 0.5) is 0 Å². The van der Waals surface area contributed by atoms with Crippen LogP contribution in [0.25, 0.3) is 0 Å². The Hall–Kier alpha value is -0.650. The van der Waals surface area contributed by atoms with E-state index in [4.69, 9.17) is 4.74 Å². The van der Waals surface area contributed by atoms with E-state index in [2.05, 4.69) is 15.1 Å². The largest absolute Gasteiger partial charge is 0.379 e. The molecule has 0 aromatic heterocycles. The number of ether oxygens (including phenoxy) is 1. The second kappa shape index (κ2) is 6.87. The van der Waals surface area contributed by atoms with Gasteiger partial charge in [0.15, 0.2) is 0 Å². The van der Waals surface area contributed by atoms with E-state index in [1.807, 2.05) is 0 Å². The van der Waals surface area contributed by atoms with Gasteiger partial charge in [-0.15, -0.1) is 0 Å². The number of morpholine rings is 1. The molecule has 0 aromatic rings. The zero-order valence-electron chi connectivity index (χ0n) is 12.4. The van der Waals surface area contributed by atoms with Gasteiger partial charge in [0.1, 0.15) is 0 Å². The van der Waals surface area contributed by atoms with Crippen molar-refractivity contribution in [1.82, 2.24) is 15.1 Å². The Labute approximate surface area is 121 Å². The van der Waals surface area contributed by atoms with Crippen LogP contribution in [-0.2, 0) is 9.53 Å². The number of amides is 1. The van der Waals surface area contributed by atoms with Gasteiger partial charge in [0.05, 0.1) is 13.2 Å². The van der Waals surface area contributed by atoms with Crippen LogP contribution in [0.3, 0.4) is 0 Å². The summed E-state index contributed by atoms with van der Waals surface area (Å²) in [5.41, 5.74) is 0. The first-order valence-electron chi connectivity index (χ1n) is 8.11. The third-order valence-electron chi connectivity index (χ3n) is 5.11. The van der Waals surface area contributed by atoms with Crippen LogP contribution in [0.2, 0.25) is 0 Å². The molecule has 5 nitrogen and oxygen atoms in total. The van der Waals surface area contributed by atoms with Gasteiger partial charge in [-0.3, -0.25) is 9.69 Å².